The smallest absolute Gasteiger partial charge is 0.222 e. The Morgan fingerprint density at radius 3 is 3.12 bits per heavy atom. The number of hydrogen-bond donors (Lipinski definition) is 1. The maximum Gasteiger partial charge on any atom is 0.222 e. The van der Waals surface area contributed by atoms with Crippen LogP contribution in [0.15, 0.2) is 10.7 Å². The number of anilines is 1. The molecule has 6 heteroatoms. The third-order valence-electron chi connectivity index (χ3n) is 2.43. The van der Waals surface area contributed by atoms with Gasteiger partial charge in [-0.1, -0.05) is 0 Å². The van der Waals surface area contributed by atoms with Gasteiger partial charge in [-0.05, 0) is 35.2 Å². The number of ether oxygens (including phenoxy) is 1. The van der Waals surface area contributed by atoms with Crippen LogP contribution in [0.4, 0.5) is 5.82 Å². The summed E-state index contributed by atoms with van der Waals surface area (Å²) >= 11 is 3.36. The van der Waals surface area contributed by atoms with Gasteiger partial charge in [0.15, 0.2) is 5.82 Å². The van der Waals surface area contributed by atoms with Crippen molar-refractivity contribution in [1.29, 1.82) is 0 Å². The first-order chi connectivity index (χ1) is 7.66. The molecular formula is C10H14BrN3O2. The fourth-order valence-electron chi connectivity index (χ4n) is 1.70. The molecular weight excluding hydrogens is 274 g/mol. The quantitative estimate of drug-likeness (QED) is 0.908. The summed E-state index contributed by atoms with van der Waals surface area (Å²) in [6.07, 6.45) is 5.05. The number of carbonyl (C=O) groups is 1. The molecule has 0 spiro atoms. The topological polar surface area (TPSA) is 56.2 Å². The van der Waals surface area contributed by atoms with Gasteiger partial charge in [0.05, 0.1) is 4.47 Å². The lowest BCUT2D eigenvalue weighted by Crippen LogP contribution is -2.18. The zero-order valence-corrected chi connectivity index (χ0v) is 10.7. The van der Waals surface area contributed by atoms with E-state index in [1.165, 1.54) is 6.92 Å². The van der Waals surface area contributed by atoms with Crippen LogP contribution in [-0.2, 0) is 9.53 Å². The molecule has 2 heterocycles. The van der Waals surface area contributed by atoms with Crippen molar-refractivity contribution in [3.8, 4) is 0 Å². The van der Waals surface area contributed by atoms with Crippen LogP contribution in [0.25, 0.3) is 0 Å². The van der Waals surface area contributed by atoms with E-state index in [9.17, 15) is 4.79 Å². The minimum absolute atomic E-state index is 0.00689. The molecule has 1 aliphatic rings. The lowest BCUT2D eigenvalue weighted by atomic mass is 10.2. The number of hydrogen-bond acceptors (Lipinski definition) is 3. The minimum Gasteiger partial charge on any atom is -0.357 e. The van der Waals surface area contributed by atoms with Gasteiger partial charge >= 0.3 is 0 Å². The minimum atomic E-state index is -0.129. The molecule has 0 radical (unpaired) electrons. The van der Waals surface area contributed by atoms with E-state index in [0.717, 1.165) is 30.3 Å². The van der Waals surface area contributed by atoms with Crippen molar-refractivity contribution in [3.63, 3.8) is 0 Å². The van der Waals surface area contributed by atoms with Crippen molar-refractivity contribution < 1.29 is 9.53 Å². The summed E-state index contributed by atoms with van der Waals surface area (Å²) in [4.78, 5) is 10.9. The first-order valence-electron chi connectivity index (χ1n) is 5.30. The molecule has 1 aliphatic heterocycles. The van der Waals surface area contributed by atoms with E-state index in [-0.39, 0.29) is 12.1 Å². The molecule has 2 rings (SSSR count). The summed E-state index contributed by atoms with van der Waals surface area (Å²) in [5.74, 6) is 0.414. The molecule has 1 atom stereocenters. The van der Waals surface area contributed by atoms with Crippen LogP contribution >= 0.6 is 15.9 Å². The van der Waals surface area contributed by atoms with Gasteiger partial charge in [0.25, 0.3) is 0 Å². The van der Waals surface area contributed by atoms with Crippen LogP contribution in [0, 0.1) is 0 Å². The maximum absolute atomic E-state index is 10.9. The van der Waals surface area contributed by atoms with E-state index in [1.54, 1.807) is 4.68 Å². The van der Waals surface area contributed by atoms with Crippen molar-refractivity contribution in [3.05, 3.63) is 10.7 Å². The fourth-order valence-corrected chi connectivity index (χ4v) is 2.09. The Balaban J connectivity index is 2.12. The zero-order valence-electron chi connectivity index (χ0n) is 9.07. The van der Waals surface area contributed by atoms with Gasteiger partial charge in [-0.2, -0.15) is 5.10 Å². The first-order valence-corrected chi connectivity index (χ1v) is 6.10. The van der Waals surface area contributed by atoms with Gasteiger partial charge in [0.2, 0.25) is 5.91 Å². The van der Waals surface area contributed by atoms with Crippen molar-refractivity contribution >= 4 is 27.7 Å². The Hall–Kier alpha value is -0.880. The third-order valence-corrected chi connectivity index (χ3v) is 3.01. The summed E-state index contributed by atoms with van der Waals surface area (Å²) in [5.41, 5.74) is 0. The number of aromatic nitrogens is 2. The predicted molar refractivity (Wildman–Crippen MR) is 63.1 cm³/mol. The lowest BCUT2D eigenvalue weighted by Gasteiger charge is -2.22. The molecule has 88 valence electrons. The highest BCUT2D eigenvalue weighted by Gasteiger charge is 2.18. The van der Waals surface area contributed by atoms with E-state index >= 15 is 0 Å². The Kier molecular flexibility index (Phi) is 3.60. The standard InChI is InChI=1S/C10H14BrN3O2/c1-7(15)12-10-8(11)6-14(13-10)9-4-2-3-5-16-9/h6,9H,2-5H2,1H3,(H,12,13,15). The average Bonchev–Trinajstić information content (AvgIpc) is 2.61. The molecule has 1 unspecified atom stereocenters. The SMILES string of the molecule is CC(=O)Nc1nn(C2CCCCO2)cc1Br. The maximum atomic E-state index is 10.9. The number of nitrogens with zero attached hydrogens (tertiary/aromatic N) is 2. The Morgan fingerprint density at radius 1 is 1.69 bits per heavy atom. The molecule has 1 amide bonds. The number of nitrogens with one attached hydrogen (secondary N) is 1. The normalized spacial score (nSPS) is 20.8. The molecule has 1 saturated heterocycles. The van der Waals surface area contributed by atoms with Gasteiger partial charge in [-0.25, -0.2) is 4.68 Å². The Morgan fingerprint density at radius 2 is 2.50 bits per heavy atom. The molecule has 0 saturated carbocycles. The van der Waals surface area contributed by atoms with Crippen LogP contribution in [0.2, 0.25) is 0 Å². The number of halogens is 1. The summed E-state index contributed by atoms with van der Waals surface area (Å²) in [5, 5.41) is 6.95. The van der Waals surface area contributed by atoms with Gasteiger partial charge < -0.3 is 10.1 Å². The average molecular weight is 288 g/mol. The lowest BCUT2D eigenvalue weighted by molar-refractivity contribution is -0.114. The van der Waals surface area contributed by atoms with Crippen molar-refractivity contribution in [2.45, 2.75) is 32.4 Å². The summed E-state index contributed by atoms with van der Waals surface area (Å²) < 4.78 is 8.14. The largest absolute Gasteiger partial charge is 0.357 e. The van der Waals surface area contributed by atoms with Crippen molar-refractivity contribution in [2.75, 3.05) is 11.9 Å². The number of carbonyl (C=O) groups excluding carboxylic acids is 1. The van der Waals surface area contributed by atoms with Gasteiger partial charge in [-0.3, -0.25) is 4.79 Å². The summed E-state index contributed by atoms with van der Waals surface area (Å²) in [6.45, 7) is 2.24. The molecule has 5 nitrogen and oxygen atoms in total. The molecule has 1 N–H and O–H groups in total. The highest BCUT2D eigenvalue weighted by atomic mass is 79.9. The molecule has 16 heavy (non-hydrogen) atoms. The van der Waals surface area contributed by atoms with E-state index < -0.39 is 0 Å². The van der Waals surface area contributed by atoms with E-state index in [0.29, 0.717) is 5.82 Å². The predicted octanol–water partition coefficient (Wildman–Crippen LogP) is 2.30. The molecule has 1 fully saturated rings. The Labute approximate surface area is 102 Å². The second kappa shape index (κ2) is 4.97. The van der Waals surface area contributed by atoms with Crippen LogP contribution in [0.5, 0.6) is 0 Å². The second-order valence-electron chi connectivity index (χ2n) is 3.81. The zero-order chi connectivity index (χ0) is 11.5. The molecule has 0 aliphatic carbocycles. The summed E-state index contributed by atoms with van der Waals surface area (Å²) in [6, 6.07) is 0. The van der Waals surface area contributed by atoms with E-state index in [2.05, 4.69) is 26.3 Å². The van der Waals surface area contributed by atoms with Crippen molar-refractivity contribution in [1.82, 2.24) is 9.78 Å². The highest BCUT2D eigenvalue weighted by molar-refractivity contribution is 9.10. The van der Waals surface area contributed by atoms with Gasteiger partial charge in [0.1, 0.15) is 6.23 Å². The molecule has 0 aromatic carbocycles. The second-order valence-corrected chi connectivity index (χ2v) is 4.66. The third kappa shape index (κ3) is 2.62. The molecule has 0 bridgehead atoms. The summed E-state index contributed by atoms with van der Waals surface area (Å²) in [7, 11) is 0. The van der Waals surface area contributed by atoms with Crippen LogP contribution < -0.4 is 5.32 Å². The molecule has 1 aromatic rings. The monoisotopic (exact) mass is 287 g/mol. The number of rotatable bonds is 2. The van der Waals surface area contributed by atoms with Crippen LogP contribution in [-0.4, -0.2) is 22.3 Å². The van der Waals surface area contributed by atoms with E-state index in [4.69, 9.17) is 4.74 Å². The highest BCUT2D eigenvalue weighted by Crippen LogP contribution is 2.27. The van der Waals surface area contributed by atoms with Crippen LogP contribution in [0.3, 0.4) is 0 Å². The molecule has 1 aromatic heterocycles. The van der Waals surface area contributed by atoms with Gasteiger partial charge in [-0.15, -0.1) is 0 Å². The van der Waals surface area contributed by atoms with Gasteiger partial charge in [0, 0.05) is 19.7 Å². The first kappa shape index (κ1) is 11.6. The van der Waals surface area contributed by atoms with Crippen molar-refractivity contribution in [2.24, 2.45) is 0 Å². The fraction of sp³-hybridized carbons (Fsp3) is 0.600. The van der Waals surface area contributed by atoms with Crippen LogP contribution in [0.1, 0.15) is 32.4 Å². The van der Waals surface area contributed by atoms with E-state index in [1.807, 2.05) is 6.20 Å². The number of amides is 1. The Bertz CT molecular complexity index is 385.